The average Bonchev–Trinajstić information content (AvgIpc) is 0.763. The van der Waals surface area contributed by atoms with E-state index in [0.717, 1.165) is 86.0 Å². The summed E-state index contributed by atoms with van der Waals surface area (Å²) in [5.41, 5.74) is 4.16. The van der Waals surface area contributed by atoms with Crippen molar-refractivity contribution in [3.05, 3.63) is 141 Å². The molecule has 3 saturated heterocycles. The zero-order chi connectivity index (χ0) is 90.5. The highest BCUT2D eigenvalue weighted by Gasteiger charge is 2.53. The standard InChI is InChI=1S/C82H95Cl2F3N12O26/c1-34(2)23-48(89-5)72(110)96-63-65(105)38-8-15-52(46(83)25-38)120-54-27-40-28-55(69(54)124-79-70(68(108)67(107)56(33-100)122-79)123-58-32-81(4,71(109)35(3)119-58)90-20-17-36-18-21-99(22-19-36)80(117)91-41-10-12-43(13-11-41)125-82(85,86)87)121-53-16-9-39(26-47(53)84)66(106)64-77(115)95-62(78(116)98-118-6)45-29-42(101)30-51(103)59(45)44-24-37(7-14-50(44)102)60(74(112)97-64)94-75(113)61(40)93-73(111)49(31-57(88)104)92-76(63)114/h7-16,24-30,34-36,48-49,56,58,60-68,70-71,79,89-90,100-103,105-109H,17-23,31-33H2,1-6H3,(H2,88,104)(H,91,117)(H,92,114)(H,93,111)(H,94,113)(H,95,115)(H,96,110)(H,97,112)(H,98,116). The summed E-state index contributed by atoms with van der Waals surface area (Å²) in [5.74, 6) is -15.8. The van der Waals surface area contributed by atoms with E-state index in [1.54, 1.807) is 11.8 Å². The van der Waals surface area contributed by atoms with E-state index < -0.39 is 255 Å². The second-order valence-corrected chi connectivity index (χ2v) is 32.4. The largest absolute Gasteiger partial charge is 0.573 e. The van der Waals surface area contributed by atoms with Gasteiger partial charge in [-0.2, -0.15) is 0 Å². The van der Waals surface area contributed by atoms with Crippen molar-refractivity contribution in [3.63, 3.8) is 0 Å². The topological polar surface area (TPSA) is 559 Å². The minimum atomic E-state index is -4.91. The summed E-state index contributed by atoms with van der Waals surface area (Å²) in [4.78, 5) is 139. The highest BCUT2D eigenvalue weighted by atomic mass is 35.5. The Hall–Kier alpha value is -11.2. The second-order valence-electron chi connectivity index (χ2n) is 31.6. The van der Waals surface area contributed by atoms with Gasteiger partial charge in [0.2, 0.25) is 53.4 Å². The molecule has 38 nitrogen and oxygen atoms in total. The number of rotatable bonds is 20. The van der Waals surface area contributed by atoms with E-state index in [-0.39, 0.29) is 64.4 Å². The van der Waals surface area contributed by atoms with E-state index >= 15 is 24.0 Å². The number of nitrogens with zero attached hydrogens (tertiary/aromatic N) is 1. The summed E-state index contributed by atoms with van der Waals surface area (Å²) in [7, 11) is 2.50. The van der Waals surface area contributed by atoms with Gasteiger partial charge in [-0.05, 0) is 172 Å². The van der Waals surface area contributed by atoms with Crippen LogP contribution < -0.4 is 78.0 Å². The number of piperidine rings is 1. The van der Waals surface area contributed by atoms with Crippen molar-refractivity contribution in [2.24, 2.45) is 17.6 Å². The summed E-state index contributed by atoms with van der Waals surface area (Å²) in [6.45, 7) is 6.75. The number of aliphatic hydroxyl groups excluding tert-OH is 6. The van der Waals surface area contributed by atoms with Crippen LogP contribution in [0.2, 0.25) is 10.0 Å². The number of benzene rings is 6. The van der Waals surface area contributed by atoms with Crippen molar-refractivity contribution in [2.45, 2.75) is 182 Å². The summed E-state index contributed by atoms with van der Waals surface area (Å²) >= 11 is 14.3. The number of primary amides is 1. The van der Waals surface area contributed by atoms with Gasteiger partial charge in [0.15, 0.2) is 23.9 Å². The van der Waals surface area contributed by atoms with Gasteiger partial charge in [0.25, 0.3) is 5.91 Å². The van der Waals surface area contributed by atoms with Crippen LogP contribution in [0, 0.1) is 11.8 Å². The third kappa shape index (κ3) is 21.5. The van der Waals surface area contributed by atoms with Gasteiger partial charge in [0, 0.05) is 47.9 Å². The number of aromatic hydroxyl groups is 3. The van der Waals surface area contributed by atoms with Crippen molar-refractivity contribution in [2.75, 3.05) is 45.7 Å². The van der Waals surface area contributed by atoms with Gasteiger partial charge in [0.1, 0.15) is 101 Å². The summed E-state index contributed by atoms with van der Waals surface area (Å²) < 4.78 is 81.8. The molecule has 0 radical (unpaired) electrons. The number of carbonyl (C=O) groups is 9. The molecular formula is C82H95Cl2F3N12O26. The number of nitrogens with one attached hydrogen (secondary N) is 10. The van der Waals surface area contributed by atoms with Crippen LogP contribution in [-0.2, 0) is 57.4 Å². The van der Waals surface area contributed by atoms with Crippen LogP contribution in [0.15, 0.2) is 103 Å². The van der Waals surface area contributed by atoms with E-state index in [1.807, 2.05) is 13.8 Å². The fraction of sp³-hybridized carbons (Fsp3) is 0.451. The first-order chi connectivity index (χ1) is 59.2. The van der Waals surface area contributed by atoms with E-state index in [4.69, 9.17) is 62.2 Å². The van der Waals surface area contributed by atoms with E-state index in [9.17, 15) is 78.3 Å². The average molecular weight is 1790 g/mol. The number of alkyl halides is 3. The van der Waals surface area contributed by atoms with Gasteiger partial charge < -0.3 is 138 Å². The molecule has 10 amide bonds. The number of phenols is 3. The van der Waals surface area contributed by atoms with Gasteiger partial charge in [-0.15, -0.1) is 13.2 Å². The molecule has 14 rings (SSSR count). The first kappa shape index (κ1) is 93.0. The molecule has 18 atom stereocenters. The number of hydrogen-bond acceptors (Lipinski definition) is 28. The van der Waals surface area contributed by atoms with Crippen molar-refractivity contribution < 1.29 is 140 Å². The third-order valence-electron chi connectivity index (χ3n) is 22.3. The monoisotopic (exact) mass is 1790 g/mol. The molecule has 6 aromatic carbocycles. The fourth-order valence-corrected chi connectivity index (χ4v) is 16.2. The molecular weight excluding hydrogens is 1700 g/mol. The Bertz CT molecular complexity index is 5040. The van der Waals surface area contributed by atoms with E-state index in [0.29, 0.717) is 32.4 Å². The van der Waals surface area contributed by atoms with Gasteiger partial charge in [-0.25, -0.2) is 10.3 Å². The van der Waals surface area contributed by atoms with Crippen molar-refractivity contribution in [3.8, 4) is 62.9 Å². The smallest absolute Gasteiger partial charge is 0.508 e. The molecule has 8 aliphatic heterocycles. The number of amides is 10. The first-order valence-corrected chi connectivity index (χ1v) is 40.4. The van der Waals surface area contributed by atoms with E-state index in [2.05, 4.69) is 58.1 Å². The zero-order valence-electron chi connectivity index (χ0n) is 67.7. The lowest BCUT2D eigenvalue weighted by Crippen LogP contribution is -2.65. The number of likely N-dealkylation sites (tertiary alicyclic amines) is 1. The molecule has 21 N–H and O–H groups in total. The molecule has 125 heavy (non-hydrogen) atoms. The number of hydrogen-bond donors (Lipinski definition) is 20. The molecule has 8 heterocycles. The van der Waals surface area contributed by atoms with Crippen LogP contribution in [0.25, 0.3) is 11.1 Å². The lowest BCUT2D eigenvalue weighted by Gasteiger charge is -2.48. The number of urea groups is 1. The summed E-state index contributed by atoms with van der Waals surface area (Å²) in [6.07, 6.45) is -22.4. The Morgan fingerprint density at radius 1 is 0.720 bits per heavy atom. The Balaban J connectivity index is 0.970. The van der Waals surface area contributed by atoms with Gasteiger partial charge in [-0.1, -0.05) is 55.2 Å². The SMILES string of the molecule is CNC(CC(C)C)C(=O)NC1C(=O)NC(CC(N)=O)C(=O)NC2C(=O)NC3C(=O)NC(C(=O)NC(C(=O)NOC)c4cc(O)cc(O)c4-c4cc3ccc4O)C(O)c3ccc(c(Cl)c3)Oc3cc2cc(c3OC2OC(CO)C(O)C(O)C2OC2CC(C)(NCCC3CCN(C(=O)Nc4ccc(OC(F)(F)F)cc4)CC3)C(O)C(C)O2)Oc2ccc(cc2Cl)C1O. The Morgan fingerprint density at radius 3 is 1.95 bits per heavy atom. The molecule has 18 unspecified atom stereocenters. The van der Waals surface area contributed by atoms with Gasteiger partial charge in [0.05, 0.1) is 48.4 Å². The maximum Gasteiger partial charge on any atom is 0.573 e. The lowest BCUT2D eigenvalue weighted by molar-refractivity contribution is -0.334. The van der Waals surface area contributed by atoms with Crippen LogP contribution in [0.3, 0.4) is 0 Å². The predicted molar refractivity (Wildman–Crippen MR) is 432 cm³/mol. The highest BCUT2D eigenvalue weighted by Crippen LogP contribution is 2.50. The number of phenolic OH excluding ortho intramolecular Hbond substituents is 3. The minimum absolute atomic E-state index is 0.0500. The normalized spacial score (nSPS) is 27.0. The molecule has 0 aromatic heterocycles. The first-order valence-electron chi connectivity index (χ1n) is 39.7. The molecule has 0 aliphatic carbocycles. The maximum absolute atomic E-state index is 16.3. The maximum atomic E-state index is 16.3. The Kier molecular flexibility index (Phi) is 29.1. The molecule has 674 valence electrons. The molecule has 8 aliphatic rings. The summed E-state index contributed by atoms with van der Waals surface area (Å²) in [6, 6.07) is 3.80. The van der Waals surface area contributed by atoms with E-state index in [1.165, 1.54) is 38.2 Å². The molecule has 0 saturated carbocycles. The number of ether oxygens (including phenoxy) is 7. The third-order valence-corrected chi connectivity index (χ3v) is 22.9. The number of fused-ring (bicyclic) bond motifs is 15. The number of nitrogens with two attached hydrogens (primary N) is 1. The quantitative estimate of drug-likeness (QED) is 0.0486. The van der Waals surface area contributed by atoms with Crippen molar-refractivity contribution >= 4 is 82.2 Å². The number of carbonyl (C=O) groups excluding carboxylic acids is 9. The molecule has 3 fully saturated rings. The molecule has 43 heteroatoms. The number of hydroxylamine groups is 1. The van der Waals surface area contributed by atoms with Gasteiger partial charge in [-0.3, -0.25) is 43.2 Å². The van der Waals surface area contributed by atoms with Crippen LogP contribution in [0.5, 0.6) is 51.7 Å². The van der Waals surface area contributed by atoms with Crippen LogP contribution in [0.4, 0.5) is 23.7 Å². The van der Waals surface area contributed by atoms with Crippen LogP contribution in [-0.4, -0.2) is 230 Å². The highest BCUT2D eigenvalue weighted by molar-refractivity contribution is 6.32. The Morgan fingerprint density at radius 2 is 1.34 bits per heavy atom. The predicted octanol–water partition coefficient (Wildman–Crippen LogP) is 3.56. The molecule has 6 aromatic rings. The number of anilines is 1. The van der Waals surface area contributed by atoms with Crippen molar-refractivity contribution in [1.29, 1.82) is 0 Å². The van der Waals surface area contributed by atoms with Crippen molar-refractivity contribution in [1.82, 2.24) is 52.9 Å². The fourth-order valence-electron chi connectivity index (χ4n) is 15.7. The number of likely N-dealkylation sites (N-methyl/N-ethyl adjacent to an activating group) is 1. The molecule has 11 bridgehead atoms. The van der Waals surface area contributed by atoms with Crippen LogP contribution >= 0.6 is 23.2 Å². The molecule has 0 spiro atoms. The minimum Gasteiger partial charge on any atom is -0.508 e. The van der Waals surface area contributed by atoms with Crippen LogP contribution in [0.1, 0.15) is 124 Å². The second kappa shape index (κ2) is 39.2. The number of halogens is 5. The number of aliphatic hydroxyl groups is 6. The lowest BCUT2D eigenvalue weighted by atomic mass is 9.84. The summed E-state index contributed by atoms with van der Waals surface area (Å²) in [5, 5.41) is 129. The Labute approximate surface area is 721 Å². The van der Waals surface area contributed by atoms with Gasteiger partial charge >= 0.3 is 12.4 Å². The zero-order valence-corrected chi connectivity index (χ0v) is 69.2.